The van der Waals surface area contributed by atoms with Crippen LogP contribution in [0.2, 0.25) is 0 Å². The largest absolute Gasteiger partial charge is 0.411 e. The maximum Gasteiger partial charge on any atom is 0.411 e. The van der Waals surface area contributed by atoms with Crippen molar-refractivity contribution in [3.8, 4) is 0 Å². The summed E-state index contributed by atoms with van der Waals surface area (Å²) in [5.41, 5.74) is -0.0265. The first-order valence-electron chi connectivity index (χ1n) is 8.54. The van der Waals surface area contributed by atoms with Gasteiger partial charge in [-0.05, 0) is 30.5 Å². The highest BCUT2D eigenvalue weighted by Crippen LogP contribution is 2.29. The Bertz CT molecular complexity index is 624. The molecular formula is C18H23F3N2O3. The van der Waals surface area contributed by atoms with Crippen molar-refractivity contribution in [3.63, 3.8) is 0 Å². The average Bonchev–Trinajstić information content (AvgIpc) is 2.61. The number of amides is 2. The van der Waals surface area contributed by atoms with Gasteiger partial charge in [-0.2, -0.15) is 13.2 Å². The van der Waals surface area contributed by atoms with E-state index in [1.807, 2.05) is 0 Å². The Morgan fingerprint density at radius 1 is 1.12 bits per heavy atom. The van der Waals surface area contributed by atoms with Crippen LogP contribution in [-0.4, -0.2) is 37.2 Å². The molecule has 1 saturated carbocycles. The number of alkyl halides is 3. The molecule has 2 N–H and O–H groups in total. The smallest absolute Gasteiger partial charge is 0.367 e. The van der Waals surface area contributed by atoms with Crippen molar-refractivity contribution < 1.29 is 27.5 Å². The number of likely N-dealkylation sites (N-methyl/N-ethyl adjacent to an activating group) is 1. The molecule has 1 aromatic carbocycles. The van der Waals surface area contributed by atoms with Gasteiger partial charge >= 0.3 is 6.18 Å². The molecule has 0 spiro atoms. The van der Waals surface area contributed by atoms with Crippen LogP contribution in [0.15, 0.2) is 24.3 Å². The molecule has 1 aliphatic rings. The lowest BCUT2D eigenvalue weighted by molar-refractivity contribution is -0.176. The van der Waals surface area contributed by atoms with Gasteiger partial charge in [-0.25, -0.2) is 0 Å². The van der Waals surface area contributed by atoms with Crippen LogP contribution in [0.3, 0.4) is 0 Å². The van der Waals surface area contributed by atoms with Gasteiger partial charge < -0.3 is 15.4 Å². The van der Waals surface area contributed by atoms with E-state index in [1.54, 1.807) is 19.2 Å². The second-order valence-corrected chi connectivity index (χ2v) is 6.48. The first kappa shape index (κ1) is 20.2. The highest BCUT2D eigenvalue weighted by molar-refractivity contribution is 5.99. The third-order valence-electron chi connectivity index (χ3n) is 4.47. The minimum absolute atomic E-state index is 0.191. The zero-order valence-corrected chi connectivity index (χ0v) is 14.6. The normalized spacial score (nSPS) is 16.8. The number of hydrogen-bond acceptors (Lipinski definition) is 3. The van der Waals surface area contributed by atoms with Gasteiger partial charge in [0.1, 0.15) is 12.1 Å². The average molecular weight is 372 g/mol. The fourth-order valence-electron chi connectivity index (χ4n) is 3.13. The van der Waals surface area contributed by atoms with Crippen molar-refractivity contribution in [2.75, 3.05) is 13.7 Å². The number of ether oxygens (including phenoxy) is 1. The van der Waals surface area contributed by atoms with Gasteiger partial charge in [-0.1, -0.05) is 31.4 Å². The van der Waals surface area contributed by atoms with Gasteiger partial charge in [0.05, 0.1) is 6.61 Å². The van der Waals surface area contributed by atoms with Gasteiger partial charge in [0, 0.05) is 12.6 Å². The van der Waals surface area contributed by atoms with E-state index in [1.165, 1.54) is 12.1 Å². The van der Waals surface area contributed by atoms with Crippen molar-refractivity contribution in [1.29, 1.82) is 0 Å². The molecule has 1 fully saturated rings. The number of halogens is 3. The Hall–Kier alpha value is -2.09. The monoisotopic (exact) mass is 372 g/mol. The molecular weight excluding hydrogens is 349 g/mol. The molecule has 144 valence electrons. The first-order valence-corrected chi connectivity index (χ1v) is 8.54. The van der Waals surface area contributed by atoms with E-state index in [9.17, 15) is 22.8 Å². The van der Waals surface area contributed by atoms with Gasteiger partial charge in [0.15, 0.2) is 0 Å². The van der Waals surface area contributed by atoms with Gasteiger partial charge in [-0.3, -0.25) is 9.59 Å². The number of benzene rings is 1. The molecule has 8 heteroatoms. The van der Waals surface area contributed by atoms with Crippen LogP contribution >= 0.6 is 0 Å². The van der Waals surface area contributed by atoms with Crippen molar-refractivity contribution >= 4 is 11.8 Å². The molecule has 2 rings (SSSR count). The van der Waals surface area contributed by atoms with E-state index in [0.29, 0.717) is 24.0 Å². The molecule has 0 heterocycles. The number of rotatable bonds is 6. The second kappa shape index (κ2) is 8.53. The van der Waals surface area contributed by atoms with E-state index in [0.717, 1.165) is 19.3 Å². The molecule has 1 aromatic rings. The van der Waals surface area contributed by atoms with Crippen LogP contribution < -0.4 is 10.6 Å². The molecule has 0 aliphatic heterocycles. The number of nitrogens with one attached hydrogen (secondary N) is 2. The van der Waals surface area contributed by atoms with Crippen molar-refractivity contribution in [2.24, 2.45) is 0 Å². The fraction of sp³-hybridized carbons (Fsp3) is 0.556. The van der Waals surface area contributed by atoms with Gasteiger partial charge in [0.2, 0.25) is 5.91 Å². The number of carbonyl (C=O) groups is 2. The van der Waals surface area contributed by atoms with E-state index in [4.69, 9.17) is 0 Å². The van der Waals surface area contributed by atoms with Crippen LogP contribution in [0.25, 0.3) is 0 Å². The lowest BCUT2D eigenvalue weighted by Crippen LogP contribution is -2.59. The summed E-state index contributed by atoms with van der Waals surface area (Å²) in [5.74, 6) is -0.582. The van der Waals surface area contributed by atoms with Crippen molar-refractivity contribution in [3.05, 3.63) is 35.4 Å². The SMILES string of the molecule is CNC(=O)C1(NC(=O)c2ccc(COCC(F)(F)F)cc2)CCCCC1. The predicted molar refractivity (Wildman–Crippen MR) is 89.5 cm³/mol. The van der Waals surface area contributed by atoms with E-state index >= 15 is 0 Å². The summed E-state index contributed by atoms with van der Waals surface area (Å²) in [7, 11) is 1.54. The Morgan fingerprint density at radius 2 is 1.73 bits per heavy atom. The molecule has 0 aromatic heterocycles. The molecule has 0 bridgehead atoms. The third kappa shape index (κ3) is 5.45. The van der Waals surface area contributed by atoms with Crippen molar-refractivity contribution in [1.82, 2.24) is 10.6 Å². The summed E-state index contributed by atoms with van der Waals surface area (Å²) in [6, 6.07) is 6.11. The Kier molecular flexibility index (Phi) is 6.63. The molecule has 1 aliphatic carbocycles. The molecule has 5 nitrogen and oxygen atoms in total. The summed E-state index contributed by atoms with van der Waals surface area (Å²) in [4.78, 5) is 24.8. The van der Waals surface area contributed by atoms with Gasteiger partial charge in [-0.15, -0.1) is 0 Å². The lowest BCUT2D eigenvalue weighted by atomic mass is 9.80. The van der Waals surface area contributed by atoms with Crippen molar-refractivity contribution in [2.45, 2.75) is 50.4 Å². The Morgan fingerprint density at radius 3 is 2.27 bits per heavy atom. The Balaban J connectivity index is 1.99. The summed E-state index contributed by atoms with van der Waals surface area (Å²) < 4.78 is 40.8. The fourth-order valence-corrected chi connectivity index (χ4v) is 3.13. The highest BCUT2D eigenvalue weighted by Gasteiger charge is 2.40. The topological polar surface area (TPSA) is 67.4 Å². The van der Waals surface area contributed by atoms with Crippen LogP contribution in [-0.2, 0) is 16.1 Å². The standard InChI is InChI=1S/C18H23F3N2O3/c1-22-16(25)17(9-3-2-4-10-17)23-15(24)14-7-5-13(6-8-14)11-26-12-18(19,20)21/h5-8H,2-4,9-12H2,1H3,(H,22,25)(H,23,24). The van der Waals surface area contributed by atoms with Crippen LogP contribution in [0, 0.1) is 0 Å². The summed E-state index contributed by atoms with van der Waals surface area (Å²) >= 11 is 0. The molecule has 0 radical (unpaired) electrons. The quantitative estimate of drug-likeness (QED) is 0.807. The minimum atomic E-state index is -4.37. The van der Waals surface area contributed by atoms with E-state index < -0.39 is 18.3 Å². The molecule has 0 saturated heterocycles. The lowest BCUT2D eigenvalue weighted by Gasteiger charge is -2.36. The molecule has 0 unspecified atom stereocenters. The number of carbonyl (C=O) groups excluding carboxylic acids is 2. The zero-order chi connectivity index (χ0) is 19.2. The summed E-state index contributed by atoms with van der Waals surface area (Å²) in [6.07, 6.45) is -0.439. The third-order valence-corrected chi connectivity index (χ3v) is 4.47. The number of hydrogen-bond donors (Lipinski definition) is 2. The molecule has 26 heavy (non-hydrogen) atoms. The summed E-state index contributed by atoms with van der Waals surface area (Å²) in [5, 5.41) is 5.47. The first-order chi connectivity index (χ1) is 12.3. The minimum Gasteiger partial charge on any atom is -0.367 e. The van der Waals surface area contributed by atoms with Gasteiger partial charge in [0.25, 0.3) is 5.91 Å². The maximum atomic E-state index is 12.5. The predicted octanol–water partition coefficient (Wildman–Crippen LogP) is 2.94. The Labute approximate surface area is 150 Å². The van der Waals surface area contributed by atoms with E-state index in [-0.39, 0.29) is 18.4 Å². The second-order valence-electron chi connectivity index (χ2n) is 6.48. The van der Waals surface area contributed by atoms with E-state index in [2.05, 4.69) is 15.4 Å². The summed E-state index contributed by atoms with van der Waals surface area (Å²) in [6.45, 7) is -1.51. The highest BCUT2D eigenvalue weighted by atomic mass is 19.4. The van der Waals surface area contributed by atoms with Crippen LogP contribution in [0.4, 0.5) is 13.2 Å². The van der Waals surface area contributed by atoms with Crippen LogP contribution in [0.1, 0.15) is 48.0 Å². The van der Waals surface area contributed by atoms with Crippen LogP contribution in [0.5, 0.6) is 0 Å². The molecule has 2 amide bonds. The maximum absolute atomic E-state index is 12.5. The molecule has 0 atom stereocenters. The zero-order valence-electron chi connectivity index (χ0n) is 14.6.